The third-order valence-electron chi connectivity index (χ3n) is 3.49. The second kappa shape index (κ2) is 6.85. The van der Waals surface area contributed by atoms with Gasteiger partial charge < -0.3 is 20.7 Å². The molecule has 1 fully saturated rings. The third-order valence-corrected chi connectivity index (χ3v) is 3.74. The fourth-order valence-electron chi connectivity index (χ4n) is 2.35. The van der Waals surface area contributed by atoms with E-state index in [9.17, 15) is 10.1 Å². The Morgan fingerprint density at radius 2 is 1.92 bits per heavy atom. The number of anilines is 4. The van der Waals surface area contributed by atoms with Gasteiger partial charge in [0.05, 0.1) is 18.1 Å². The summed E-state index contributed by atoms with van der Waals surface area (Å²) in [6, 6.07) is 6.92. The summed E-state index contributed by atoms with van der Waals surface area (Å²) in [6.45, 7) is 1.94. The van der Waals surface area contributed by atoms with Gasteiger partial charge in [-0.05, 0) is 24.3 Å². The number of nitrogens with two attached hydrogens (primary N) is 1. The summed E-state index contributed by atoms with van der Waals surface area (Å²) in [5.41, 5.74) is 6.20. The maximum Gasteiger partial charge on any atom is 0.353 e. The summed E-state index contributed by atoms with van der Waals surface area (Å²) in [5.74, 6) is 0.183. The molecule has 2 aromatic rings. The number of nitrogens with zero attached hydrogens (tertiary/aromatic N) is 4. The summed E-state index contributed by atoms with van der Waals surface area (Å²) in [7, 11) is 0. The van der Waals surface area contributed by atoms with Crippen molar-refractivity contribution < 1.29 is 9.66 Å². The summed E-state index contributed by atoms with van der Waals surface area (Å²) in [4.78, 5) is 20.8. The molecule has 0 spiro atoms. The van der Waals surface area contributed by atoms with Crippen molar-refractivity contribution in [1.29, 1.82) is 0 Å². The largest absolute Gasteiger partial charge is 0.378 e. The van der Waals surface area contributed by atoms with E-state index >= 15 is 0 Å². The van der Waals surface area contributed by atoms with Crippen LogP contribution in [0.4, 0.5) is 29.0 Å². The van der Waals surface area contributed by atoms with Crippen molar-refractivity contribution in [3.8, 4) is 0 Å². The molecule has 24 heavy (non-hydrogen) atoms. The van der Waals surface area contributed by atoms with Crippen LogP contribution < -0.4 is 16.0 Å². The maximum atomic E-state index is 11.3. The first-order valence-corrected chi connectivity index (χ1v) is 7.59. The number of hydrogen-bond acceptors (Lipinski definition) is 8. The Morgan fingerprint density at radius 3 is 2.54 bits per heavy atom. The van der Waals surface area contributed by atoms with Crippen molar-refractivity contribution in [2.75, 3.05) is 42.3 Å². The normalized spacial score (nSPS) is 14.5. The second-order valence-corrected chi connectivity index (χ2v) is 5.53. The highest BCUT2D eigenvalue weighted by molar-refractivity contribution is 6.30. The molecule has 3 rings (SSSR count). The fraction of sp³-hybridized carbons (Fsp3) is 0.286. The average Bonchev–Trinajstić information content (AvgIpc) is 2.57. The first-order valence-electron chi connectivity index (χ1n) is 7.22. The smallest absolute Gasteiger partial charge is 0.353 e. The number of nitro groups is 1. The van der Waals surface area contributed by atoms with Crippen LogP contribution in [0.25, 0.3) is 0 Å². The van der Waals surface area contributed by atoms with Crippen LogP contribution in [0.1, 0.15) is 0 Å². The molecule has 10 heteroatoms. The summed E-state index contributed by atoms with van der Waals surface area (Å²) < 4.78 is 5.27. The van der Waals surface area contributed by atoms with Gasteiger partial charge in [-0.3, -0.25) is 10.1 Å². The van der Waals surface area contributed by atoms with Crippen LogP contribution in [-0.2, 0) is 4.74 Å². The van der Waals surface area contributed by atoms with Crippen LogP contribution in [0.2, 0.25) is 5.02 Å². The van der Waals surface area contributed by atoms with Gasteiger partial charge in [-0.2, -0.15) is 9.97 Å². The van der Waals surface area contributed by atoms with Crippen molar-refractivity contribution in [2.24, 2.45) is 0 Å². The van der Waals surface area contributed by atoms with Crippen molar-refractivity contribution >= 4 is 40.6 Å². The van der Waals surface area contributed by atoms with Gasteiger partial charge in [0.15, 0.2) is 0 Å². The quantitative estimate of drug-likeness (QED) is 0.636. The lowest BCUT2D eigenvalue weighted by Gasteiger charge is -2.27. The Morgan fingerprint density at radius 1 is 1.25 bits per heavy atom. The molecule has 1 aromatic heterocycles. The standard InChI is InChI=1S/C14H15ClN6O3/c15-9-1-3-10(4-2-9)17-14-18-12(16)11(21(22)23)13(19-14)20-5-7-24-8-6-20/h1-4H,5-8H2,(H3,16,17,18,19). The molecular formula is C14H15ClN6O3. The molecule has 1 aliphatic rings. The monoisotopic (exact) mass is 350 g/mol. The summed E-state index contributed by atoms with van der Waals surface area (Å²) in [6.07, 6.45) is 0. The minimum Gasteiger partial charge on any atom is -0.378 e. The predicted molar refractivity (Wildman–Crippen MR) is 90.9 cm³/mol. The van der Waals surface area contributed by atoms with Gasteiger partial charge in [0, 0.05) is 23.8 Å². The zero-order valence-corrected chi connectivity index (χ0v) is 13.4. The molecule has 1 aromatic carbocycles. The first-order chi connectivity index (χ1) is 11.5. The number of hydrogen-bond donors (Lipinski definition) is 2. The number of ether oxygens (including phenoxy) is 1. The molecule has 3 N–H and O–H groups in total. The molecule has 0 bridgehead atoms. The van der Waals surface area contributed by atoms with Crippen molar-refractivity contribution in [3.63, 3.8) is 0 Å². The van der Waals surface area contributed by atoms with E-state index < -0.39 is 4.92 Å². The van der Waals surface area contributed by atoms with Crippen LogP contribution >= 0.6 is 11.6 Å². The second-order valence-electron chi connectivity index (χ2n) is 5.09. The number of aromatic nitrogens is 2. The molecule has 0 atom stereocenters. The molecular weight excluding hydrogens is 336 g/mol. The van der Waals surface area contributed by atoms with E-state index in [-0.39, 0.29) is 23.3 Å². The highest BCUT2D eigenvalue weighted by atomic mass is 35.5. The molecule has 0 aliphatic carbocycles. The summed E-state index contributed by atoms with van der Waals surface area (Å²) in [5, 5.41) is 14.9. The first kappa shape index (κ1) is 16.2. The topological polar surface area (TPSA) is 119 Å². The number of rotatable bonds is 4. The molecule has 1 saturated heterocycles. The van der Waals surface area contributed by atoms with Gasteiger partial charge in [-0.1, -0.05) is 11.6 Å². The minimum atomic E-state index is -0.563. The SMILES string of the molecule is Nc1nc(Nc2ccc(Cl)cc2)nc(N2CCOCC2)c1[N+](=O)[O-]. The number of halogens is 1. The van der Waals surface area contributed by atoms with Crippen LogP contribution in [0.15, 0.2) is 24.3 Å². The van der Waals surface area contributed by atoms with Gasteiger partial charge in [-0.25, -0.2) is 0 Å². The van der Waals surface area contributed by atoms with Crippen molar-refractivity contribution in [2.45, 2.75) is 0 Å². The van der Waals surface area contributed by atoms with Crippen LogP contribution in [0.5, 0.6) is 0 Å². The van der Waals surface area contributed by atoms with Crippen LogP contribution in [0.3, 0.4) is 0 Å². The Hall–Kier alpha value is -2.65. The molecule has 9 nitrogen and oxygen atoms in total. The van der Waals surface area contributed by atoms with E-state index in [0.29, 0.717) is 37.0 Å². The number of nitrogen functional groups attached to an aromatic ring is 1. The predicted octanol–water partition coefficient (Wildman–Crippen LogP) is 2.20. The molecule has 2 heterocycles. The number of nitrogens with one attached hydrogen (secondary N) is 1. The van der Waals surface area contributed by atoms with E-state index in [0.717, 1.165) is 0 Å². The highest BCUT2D eigenvalue weighted by Gasteiger charge is 2.28. The molecule has 0 radical (unpaired) electrons. The summed E-state index contributed by atoms with van der Waals surface area (Å²) >= 11 is 5.85. The molecule has 0 amide bonds. The van der Waals surface area contributed by atoms with Gasteiger partial charge in [0.2, 0.25) is 17.6 Å². The Labute approximate surface area is 142 Å². The lowest BCUT2D eigenvalue weighted by Crippen LogP contribution is -2.37. The molecule has 1 aliphatic heterocycles. The fourth-order valence-corrected chi connectivity index (χ4v) is 2.47. The van der Waals surface area contributed by atoms with Crippen molar-refractivity contribution in [3.05, 3.63) is 39.4 Å². The molecule has 0 saturated carbocycles. The lowest BCUT2D eigenvalue weighted by molar-refractivity contribution is -0.383. The van der Waals surface area contributed by atoms with E-state index in [4.69, 9.17) is 22.1 Å². The number of benzene rings is 1. The van der Waals surface area contributed by atoms with E-state index in [2.05, 4.69) is 15.3 Å². The Bertz CT molecular complexity index is 749. The van der Waals surface area contributed by atoms with E-state index in [1.807, 2.05) is 0 Å². The Balaban J connectivity index is 1.97. The highest BCUT2D eigenvalue weighted by Crippen LogP contribution is 2.33. The van der Waals surface area contributed by atoms with Crippen molar-refractivity contribution in [1.82, 2.24) is 9.97 Å². The zero-order valence-electron chi connectivity index (χ0n) is 12.6. The minimum absolute atomic E-state index is 0.182. The number of morpholine rings is 1. The van der Waals surface area contributed by atoms with Gasteiger partial charge in [0.25, 0.3) is 0 Å². The Kier molecular flexibility index (Phi) is 4.63. The lowest BCUT2D eigenvalue weighted by atomic mass is 10.3. The molecule has 0 unspecified atom stereocenters. The van der Waals surface area contributed by atoms with Crippen LogP contribution in [0, 0.1) is 10.1 Å². The maximum absolute atomic E-state index is 11.3. The van der Waals surface area contributed by atoms with E-state index in [1.54, 1.807) is 29.2 Å². The molecule has 126 valence electrons. The van der Waals surface area contributed by atoms with Gasteiger partial charge >= 0.3 is 5.69 Å². The van der Waals surface area contributed by atoms with E-state index in [1.165, 1.54) is 0 Å². The van der Waals surface area contributed by atoms with Gasteiger partial charge in [0.1, 0.15) is 0 Å². The van der Waals surface area contributed by atoms with Gasteiger partial charge in [-0.15, -0.1) is 0 Å². The third kappa shape index (κ3) is 3.47. The average molecular weight is 351 g/mol. The van der Waals surface area contributed by atoms with Crippen LogP contribution in [-0.4, -0.2) is 41.2 Å². The zero-order chi connectivity index (χ0) is 17.1.